The molecule has 1 rings (SSSR count). The Balaban J connectivity index is 2.81. The molecule has 0 spiro atoms. The van der Waals surface area contributed by atoms with Crippen LogP contribution in [-0.2, 0) is 9.47 Å². The van der Waals surface area contributed by atoms with E-state index in [2.05, 4.69) is 10.6 Å². The molecule has 1 saturated heterocycles. The van der Waals surface area contributed by atoms with E-state index in [4.69, 9.17) is 14.6 Å². The summed E-state index contributed by atoms with van der Waals surface area (Å²) in [5.74, 6) is 0. The molecule has 0 bridgehead atoms. The van der Waals surface area contributed by atoms with Crippen LogP contribution >= 0.6 is 0 Å². The Labute approximate surface area is 108 Å². The molecule has 4 N–H and O–H groups in total. The van der Waals surface area contributed by atoms with Crippen LogP contribution in [0, 0.1) is 4.91 Å². The minimum atomic E-state index is -1.37. The molecule has 1 aliphatic heterocycles. The molecule has 5 atom stereocenters. The van der Waals surface area contributed by atoms with Crippen LogP contribution in [0.5, 0.6) is 0 Å². The van der Waals surface area contributed by atoms with E-state index in [9.17, 15) is 19.9 Å². The van der Waals surface area contributed by atoms with Crippen molar-refractivity contribution in [1.29, 1.82) is 0 Å². The van der Waals surface area contributed by atoms with Gasteiger partial charge in [0, 0.05) is 14.2 Å². The molecule has 1 aliphatic rings. The van der Waals surface area contributed by atoms with Gasteiger partial charge in [0.2, 0.25) is 0 Å². The summed E-state index contributed by atoms with van der Waals surface area (Å²) in [6.07, 6.45) is -4.89. The largest absolute Gasteiger partial charge is 0.394 e. The number of methoxy groups -OCH3 is 1. The number of hydrogen-bond donors (Lipinski definition) is 4. The maximum atomic E-state index is 11.5. The number of nitrogens with zero attached hydrogens (tertiary/aromatic N) is 2. The number of urea groups is 1. The zero-order valence-electron chi connectivity index (χ0n) is 10.5. The van der Waals surface area contributed by atoms with Gasteiger partial charge in [-0.3, -0.25) is 0 Å². The van der Waals surface area contributed by atoms with Gasteiger partial charge in [0.05, 0.1) is 17.9 Å². The Hall–Kier alpha value is -1.33. The molecule has 2 amide bonds. The monoisotopic (exact) mass is 279 g/mol. The van der Waals surface area contributed by atoms with Gasteiger partial charge in [0.25, 0.3) is 0 Å². The molecule has 10 nitrogen and oxygen atoms in total. The van der Waals surface area contributed by atoms with E-state index in [1.54, 1.807) is 0 Å². The number of carbonyl (C=O) groups excluding carboxylic acids is 1. The summed E-state index contributed by atoms with van der Waals surface area (Å²) in [5, 5.41) is 33.9. The van der Waals surface area contributed by atoms with Crippen LogP contribution in [-0.4, -0.2) is 77.8 Å². The lowest BCUT2D eigenvalue weighted by Crippen LogP contribution is -2.65. The molecule has 0 aromatic carbocycles. The first kappa shape index (κ1) is 15.7. The van der Waals surface area contributed by atoms with Crippen molar-refractivity contribution in [2.75, 3.05) is 20.8 Å². The topological polar surface area (TPSA) is 141 Å². The third-order valence-corrected chi connectivity index (χ3v) is 2.82. The number of amides is 2. The Kier molecular flexibility index (Phi) is 5.57. The maximum Gasteiger partial charge on any atom is 0.340 e. The summed E-state index contributed by atoms with van der Waals surface area (Å²) in [6, 6.07) is -2.08. The van der Waals surface area contributed by atoms with Crippen molar-refractivity contribution in [3.63, 3.8) is 0 Å². The highest BCUT2D eigenvalue weighted by molar-refractivity contribution is 5.73. The predicted molar refractivity (Wildman–Crippen MR) is 60.6 cm³/mol. The van der Waals surface area contributed by atoms with Crippen LogP contribution in [0.25, 0.3) is 0 Å². The van der Waals surface area contributed by atoms with E-state index in [0.29, 0.717) is 5.01 Å². The minimum Gasteiger partial charge on any atom is -0.394 e. The fourth-order valence-electron chi connectivity index (χ4n) is 1.73. The second-order valence-electron chi connectivity index (χ2n) is 4.02. The third-order valence-electron chi connectivity index (χ3n) is 2.82. The molecule has 0 saturated carbocycles. The summed E-state index contributed by atoms with van der Waals surface area (Å²) in [4.78, 5) is 21.7. The van der Waals surface area contributed by atoms with Crippen LogP contribution in [0.3, 0.4) is 0 Å². The molecule has 10 heteroatoms. The van der Waals surface area contributed by atoms with Gasteiger partial charge in [-0.15, -0.1) is 4.91 Å². The number of aliphatic hydroxyl groups is 3. The molecule has 1 heterocycles. The van der Waals surface area contributed by atoms with E-state index in [1.807, 2.05) is 0 Å². The highest BCUT2D eigenvalue weighted by Crippen LogP contribution is 2.21. The average Bonchev–Trinajstić information content (AvgIpc) is 2.42. The Morgan fingerprint density at radius 2 is 2.11 bits per heavy atom. The number of ether oxygens (including phenoxy) is 2. The lowest BCUT2D eigenvalue weighted by Gasteiger charge is -2.41. The Morgan fingerprint density at radius 1 is 1.47 bits per heavy atom. The molecular weight excluding hydrogens is 262 g/mol. The molecule has 110 valence electrons. The van der Waals surface area contributed by atoms with Gasteiger partial charge in [0.1, 0.15) is 18.3 Å². The summed E-state index contributed by atoms with van der Waals surface area (Å²) in [7, 11) is 2.37. The molecular formula is C9H17N3O7. The van der Waals surface area contributed by atoms with Crippen molar-refractivity contribution in [3.8, 4) is 0 Å². The Bertz CT molecular complexity index is 313. The van der Waals surface area contributed by atoms with Gasteiger partial charge < -0.3 is 30.1 Å². The molecule has 0 unspecified atom stereocenters. The molecule has 0 radical (unpaired) electrons. The first-order valence-electron chi connectivity index (χ1n) is 5.49. The number of nitroso groups, excluding NO2 is 1. The van der Waals surface area contributed by atoms with E-state index in [1.165, 1.54) is 7.11 Å². The lowest BCUT2D eigenvalue weighted by atomic mass is 9.96. The zero-order chi connectivity index (χ0) is 14.6. The van der Waals surface area contributed by atoms with Gasteiger partial charge in [-0.25, -0.2) is 4.79 Å². The molecule has 0 aliphatic carbocycles. The van der Waals surface area contributed by atoms with Crippen molar-refractivity contribution in [2.24, 2.45) is 5.29 Å². The normalized spacial score (nSPS) is 34.7. The van der Waals surface area contributed by atoms with E-state index < -0.39 is 43.3 Å². The van der Waals surface area contributed by atoms with Crippen molar-refractivity contribution in [1.82, 2.24) is 10.3 Å². The summed E-state index contributed by atoms with van der Waals surface area (Å²) in [5.41, 5.74) is 0. The quantitative estimate of drug-likeness (QED) is 0.337. The first-order chi connectivity index (χ1) is 8.96. The van der Waals surface area contributed by atoms with Crippen LogP contribution < -0.4 is 5.32 Å². The molecule has 1 fully saturated rings. The van der Waals surface area contributed by atoms with Crippen LogP contribution in [0.15, 0.2) is 5.29 Å². The summed E-state index contributed by atoms with van der Waals surface area (Å²) < 4.78 is 9.92. The van der Waals surface area contributed by atoms with Crippen molar-refractivity contribution >= 4 is 6.03 Å². The number of hydrogen-bond acceptors (Lipinski definition) is 8. The summed E-state index contributed by atoms with van der Waals surface area (Å²) >= 11 is 0. The van der Waals surface area contributed by atoms with E-state index >= 15 is 0 Å². The van der Waals surface area contributed by atoms with Gasteiger partial charge in [-0.05, 0) is 0 Å². The van der Waals surface area contributed by atoms with Gasteiger partial charge in [0.15, 0.2) is 6.29 Å². The van der Waals surface area contributed by atoms with Crippen LogP contribution in [0.1, 0.15) is 0 Å². The van der Waals surface area contributed by atoms with Crippen LogP contribution in [0.2, 0.25) is 0 Å². The average molecular weight is 279 g/mol. The fraction of sp³-hybridized carbons (Fsp3) is 0.889. The maximum absolute atomic E-state index is 11.5. The summed E-state index contributed by atoms with van der Waals surface area (Å²) in [6.45, 7) is -0.526. The Morgan fingerprint density at radius 3 is 2.58 bits per heavy atom. The van der Waals surface area contributed by atoms with Crippen LogP contribution in [0.4, 0.5) is 4.79 Å². The highest BCUT2D eigenvalue weighted by atomic mass is 16.7. The molecule has 0 aromatic rings. The second-order valence-corrected chi connectivity index (χ2v) is 4.02. The lowest BCUT2D eigenvalue weighted by molar-refractivity contribution is -0.270. The smallest absolute Gasteiger partial charge is 0.340 e. The zero-order valence-corrected chi connectivity index (χ0v) is 10.5. The fourth-order valence-corrected chi connectivity index (χ4v) is 1.73. The van der Waals surface area contributed by atoms with Gasteiger partial charge >= 0.3 is 6.03 Å². The van der Waals surface area contributed by atoms with Crippen molar-refractivity contribution in [2.45, 2.75) is 30.6 Å². The first-order valence-corrected chi connectivity index (χ1v) is 5.49. The SMILES string of the molecule is CO[C@H]1O[C@H](CO)[C@@H](O)[C@H](NC(=O)N(C)N=O)[C@@H]1O. The molecule has 19 heavy (non-hydrogen) atoms. The highest BCUT2D eigenvalue weighted by Gasteiger charge is 2.45. The van der Waals surface area contributed by atoms with E-state index in [0.717, 1.165) is 7.05 Å². The van der Waals surface area contributed by atoms with Gasteiger partial charge in [-0.2, -0.15) is 5.01 Å². The van der Waals surface area contributed by atoms with Gasteiger partial charge in [-0.1, -0.05) is 0 Å². The second kappa shape index (κ2) is 6.73. The predicted octanol–water partition coefficient (Wildman–Crippen LogP) is -2.24. The third kappa shape index (κ3) is 3.36. The van der Waals surface area contributed by atoms with Crippen molar-refractivity contribution < 1.29 is 29.6 Å². The number of rotatable bonds is 4. The minimum absolute atomic E-state index is 0.463. The van der Waals surface area contributed by atoms with Crippen molar-refractivity contribution in [3.05, 3.63) is 4.91 Å². The molecule has 0 aromatic heterocycles. The number of carbonyl (C=O) groups is 1. The van der Waals surface area contributed by atoms with E-state index in [-0.39, 0.29) is 0 Å². The number of aliphatic hydroxyl groups excluding tert-OH is 3. The number of nitrogens with one attached hydrogen (secondary N) is 1. The standard InChI is InChI=1S/C9H17N3O7/c1-12(11-17)9(16)10-5-6(14)4(3-13)19-8(18-2)7(5)15/h4-8,13-15H,3H2,1-2H3,(H,10,16)/t4-,5+,6-,7+,8+/m1/s1.